The van der Waals surface area contributed by atoms with Gasteiger partial charge in [-0.3, -0.25) is 4.79 Å². The van der Waals surface area contributed by atoms with Gasteiger partial charge in [-0.25, -0.2) is 9.71 Å². The highest BCUT2D eigenvalue weighted by Gasteiger charge is 2.36. The first-order valence-electron chi connectivity index (χ1n) is 6.80. The highest BCUT2D eigenvalue weighted by molar-refractivity contribution is 7.87. The molecule has 7 nitrogen and oxygen atoms in total. The summed E-state index contributed by atoms with van der Waals surface area (Å²) in [5.41, 5.74) is 0. The molecule has 2 heterocycles. The maximum atomic E-state index is 12.3. The predicted molar refractivity (Wildman–Crippen MR) is 79.4 cm³/mol. The maximum absolute atomic E-state index is 12.3. The molecule has 0 bridgehead atoms. The number of nitrogens with one attached hydrogen (secondary N) is 1. The lowest BCUT2D eigenvalue weighted by molar-refractivity contribution is -0.142. The van der Waals surface area contributed by atoms with Crippen LogP contribution < -0.4 is 4.72 Å². The van der Waals surface area contributed by atoms with Crippen molar-refractivity contribution in [1.29, 1.82) is 0 Å². The summed E-state index contributed by atoms with van der Waals surface area (Å²) in [5, 5.41) is 11.8. The van der Waals surface area contributed by atoms with E-state index in [4.69, 9.17) is 5.11 Å². The Balaban J connectivity index is 2.01. The van der Waals surface area contributed by atoms with Crippen LogP contribution in [0.25, 0.3) is 0 Å². The van der Waals surface area contributed by atoms with E-state index < -0.39 is 22.2 Å². The van der Waals surface area contributed by atoms with Gasteiger partial charge in [0.05, 0.1) is 5.01 Å². The van der Waals surface area contributed by atoms with E-state index in [1.54, 1.807) is 6.20 Å². The van der Waals surface area contributed by atoms with Gasteiger partial charge in [-0.1, -0.05) is 6.92 Å². The zero-order valence-corrected chi connectivity index (χ0v) is 13.4. The second-order valence-electron chi connectivity index (χ2n) is 5.09. The minimum Gasteiger partial charge on any atom is -0.480 e. The van der Waals surface area contributed by atoms with Crippen molar-refractivity contribution >= 4 is 27.5 Å². The molecule has 2 N–H and O–H groups in total. The number of nitrogens with zero attached hydrogens (tertiary/aromatic N) is 2. The molecule has 1 aromatic heterocycles. The molecule has 2 atom stereocenters. The zero-order valence-electron chi connectivity index (χ0n) is 11.7. The van der Waals surface area contributed by atoms with Gasteiger partial charge in [-0.15, -0.1) is 11.3 Å². The van der Waals surface area contributed by atoms with Crippen molar-refractivity contribution in [3.8, 4) is 0 Å². The van der Waals surface area contributed by atoms with Gasteiger partial charge in [0.15, 0.2) is 0 Å². The Morgan fingerprint density at radius 1 is 1.62 bits per heavy atom. The molecule has 1 aliphatic heterocycles. The zero-order chi connectivity index (χ0) is 15.5. The van der Waals surface area contributed by atoms with E-state index in [0.717, 1.165) is 15.7 Å². The van der Waals surface area contributed by atoms with Crippen LogP contribution in [0.5, 0.6) is 0 Å². The largest absolute Gasteiger partial charge is 0.480 e. The number of rotatable bonds is 6. The quantitative estimate of drug-likeness (QED) is 0.809. The fourth-order valence-corrected chi connectivity index (χ4v) is 4.54. The fourth-order valence-electron chi connectivity index (χ4n) is 2.32. The number of carboxylic acid groups (broad SMARTS) is 1. The Labute approximate surface area is 128 Å². The topological polar surface area (TPSA) is 99.6 Å². The lowest BCUT2D eigenvalue weighted by atomic mass is 10.1. The highest BCUT2D eigenvalue weighted by atomic mass is 32.2. The molecule has 21 heavy (non-hydrogen) atoms. The standard InChI is InChI=1S/C12H19N3O4S2/c1-9(11-13-5-7-20-11)8-14-21(18,19)15-6-3-2-4-10(15)12(16)17/h5,7,9-10,14H,2-4,6,8H2,1H3,(H,16,17). The number of thiazole rings is 1. The van der Waals surface area contributed by atoms with Gasteiger partial charge in [0.2, 0.25) is 0 Å². The van der Waals surface area contributed by atoms with Crippen LogP contribution >= 0.6 is 11.3 Å². The van der Waals surface area contributed by atoms with Crippen molar-refractivity contribution in [2.24, 2.45) is 0 Å². The van der Waals surface area contributed by atoms with Crippen LogP contribution in [0, 0.1) is 0 Å². The molecule has 0 aromatic carbocycles. The fraction of sp³-hybridized carbons (Fsp3) is 0.667. The van der Waals surface area contributed by atoms with Crippen molar-refractivity contribution in [2.45, 2.75) is 38.1 Å². The minimum absolute atomic E-state index is 0.0483. The van der Waals surface area contributed by atoms with Crippen molar-refractivity contribution in [3.63, 3.8) is 0 Å². The van der Waals surface area contributed by atoms with Crippen LogP contribution in [0.1, 0.15) is 37.1 Å². The van der Waals surface area contributed by atoms with E-state index in [9.17, 15) is 13.2 Å². The number of aliphatic carboxylic acids is 1. The van der Waals surface area contributed by atoms with Gasteiger partial charge in [0.1, 0.15) is 6.04 Å². The van der Waals surface area contributed by atoms with E-state index in [1.165, 1.54) is 11.3 Å². The Kier molecular flexibility index (Phi) is 5.31. The molecule has 0 amide bonds. The van der Waals surface area contributed by atoms with Crippen molar-refractivity contribution in [1.82, 2.24) is 14.0 Å². The van der Waals surface area contributed by atoms with Gasteiger partial charge in [-0.05, 0) is 19.3 Å². The van der Waals surface area contributed by atoms with Crippen LogP contribution in [0.4, 0.5) is 0 Å². The van der Waals surface area contributed by atoms with Gasteiger partial charge >= 0.3 is 5.97 Å². The normalized spacial score (nSPS) is 22.0. The molecule has 1 aliphatic rings. The monoisotopic (exact) mass is 333 g/mol. The van der Waals surface area contributed by atoms with E-state index in [0.29, 0.717) is 12.8 Å². The average molecular weight is 333 g/mol. The smallest absolute Gasteiger partial charge is 0.322 e. The third kappa shape index (κ3) is 4.00. The maximum Gasteiger partial charge on any atom is 0.322 e. The number of piperidine rings is 1. The Bertz CT molecular complexity index is 573. The second-order valence-corrected chi connectivity index (χ2v) is 7.72. The summed E-state index contributed by atoms with van der Waals surface area (Å²) < 4.78 is 28.2. The van der Waals surface area contributed by atoms with Crippen LogP contribution in [0.2, 0.25) is 0 Å². The van der Waals surface area contributed by atoms with E-state index in [2.05, 4.69) is 9.71 Å². The van der Waals surface area contributed by atoms with Crippen LogP contribution in [-0.2, 0) is 15.0 Å². The Hall–Kier alpha value is -1.03. The summed E-state index contributed by atoms with van der Waals surface area (Å²) >= 11 is 1.47. The summed E-state index contributed by atoms with van der Waals surface area (Å²) in [6.07, 6.45) is 3.46. The second kappa shape index (κ2) is 6.82. The van der Waals surface area contributed by atoms with E-state index in [-0.39, 0.29) is 19.0 Å². The molecule has 9 heteroatoms. The summed E-state index contributed by atoms with van der Waals surface area (Å²) in [7, 11) is -3.78. The molecule has 0 spiro atoms. The molecule has 2 rings (SSSR count). The number of carbonyl (C=O) groups is 1. The minimum atomic E-state index is -3.78. The first-order chi connectivity index (χ1) is 9.92. The summed E-state index contributed by atoms with van der Waals surface area (Å²) in [4.78, 5) is 15.3. The first-order valence-corrected chi connectivity index (χ1v) is 9.12. The number of carboxylic acids is 1. The summed E-state index contributed by atoms with van der Waals surface area (Å²) in [6.45, 7) is 2.34. The summed E-state index contributed by atoms with van der Waals surface area (Å²) in [5.74, 6) is -1.14. The predicted octanol–water partition coefficient (Wildman–Crippen LogP) is 1.02. The lowest BCUT2D eigenvalue weighted by Gasteiger charge is -2.32. The first kappa shape index (κ1) is 16.3. The molecule has 1 saturated heterocycles. The van der Waals surface area contributed by atoms with Gasteiger partial charge < -0.3 is 5.11 Å². The lowest BCUT2D eigenvalue weighted by Crippen LogP contribution is -2.52. The molecular formula is C12H19N3O4S2. The number of hydrogen-bond acceptors (Lipinski definition) is 5. The Morgan fingerprint density at radius 2 is 2.38 bits per heavy atom. The van der Waals surface area contributed by atoms with Crippen molar-refractivity contribution in [3.05, 3.63) is 16.6 Å². The molecular weight excluding hydrogens is 314 g/mol. The van der Waals surface area contributed by atoms with Crippen molar-refractivity contribution < 1.29 is 18.3 Å². The average Bonchev–Trinajstić information content (AvgIpc) is 2.99. The number of hydrogen-bond donors (Lipinski definition) is 2. The van der Waals surface area contributed by atoms with E-state index in [1.807, 2.05) is 12.3 Å². The highest BCUT2D eigenvalue weighted by Crippen LogP contribution is 2.21. The third-order valence-electron chi connectivity index (χ3n) is 3.49. The molecule has 0 radical (unpaired) electrons. The number of aromatic nitrogens is 1. The van der Waals surface area contributed by atoms with Crippen LogP contribution in [0.3, 0.4) is 0 Å². The molecule has 0 saturated carbocycles. The molecule has 118 valence electrons. The van der Waals surface area contributed by atoms with E-state index >= 15 is 0 Å². The van der Waals surface area contributed by atoms with Crippen molar-refractivity contribution in [2.75, 3.05) is 13.1 Å². The molecule has 0 aliphatic carbocycles. The third-order valence-corrected chi connectivity index (χ3v) is 6.09. The van der Waals surface area contributed by atoms with Crippen LogP contribution in [-0.4, -0.2) is 47.9 Å². The molecule has 2 unspecified atom stereocenters. The van der Waals surface area contributed by atoms with Gasteiger partial charge in [-0.2, -0.15) is 12.7 Å². The summed E-state index contributed by atoms with van der Waals surface area (Å²) in [6, 6.07) is -0.966. The van der Waals surface area contributed by atoms with Crippen LogP contribution in [0.15, 0.2) is 11.6 Å². The molecule has 1 fully saturated rings. The van der Waals surface area contributed by atoms with Gasteiger partial charge in [0, 0.05) is 30.6 Å². The SMILES string of the molecule is CC(CNS(=O)(=O)N1CCCCC1C(=O)O)c1nccs1. The Morgan fingerprint density at radius 3 is 3.00 bits per heavy atom. The van der Waals surface area contributed by atoms with Gasteiger partial charge in [0.25, 0.3) is 10.2 Å². The molecule has 1 aromatic rings.